The number of aliphatic carboxylic acids is 1. The van der Waals surface area contributed by atoms with Gasteiger partial charge in [0.05, 0.1) is 5.41 Å². The third kappa shape index (κ3) is 3.75. The number of para-hydroxylation sites is 1. The Labute approximate surface area is 146 Å². The van der Waals surface area contributed by atoms with Crippen molar-refractivity contribution in [1.82, 2.24) is 10.9 Å². The molecule has 1 aliphatic carbocycles. The molecule has 1 aromatic rings. The molecule has 136 valence electrons. The minimum absolute atomic E-state index is 0.231. The quantitative estimate of drug-likeness (QED) is 0.703. The summed E-state index contributed by atoms with van der Waals surface area (Å²) in [6.45, 7) is 4.98. The minimum atomic E-state index is -0.977. The number of ether oxygens (including phenoxy) is 1. The number of rotatable bonds is 5. The first-order valence-electron chi connectivity index (χ1n) is 8.18. The van der Waals surface area contributed by atoms with Gasteiger partial charge in [0.2, 0.25) is 5.91 Å². The number of amides is 2. The second kappa shape index (κ2) is 7.13. The molecule has 0 aliphatic heterocycles. The molecule has 0 unspecified atom stereocenters. The highest BCUT2D eigenvalue weighted by Crippen LogP contribution is 2.56. The van der Waals surface area contributed by atoms with Gasteiger partial charge in [-0.3, -0.25) is 25.2 Å². The highest BCUT2D eigenvalue weighted by molar-refractivity contribution is 5.86. The van der Waals surface area contributed by atoms with E-state index in [1.807, 2.05) is 6.07 Å². The van der Waals surface area contributed by atoms with Crippen molar-refractivity contribution >= 4 is 17.8 Å². The Morgan fingerprint density at radius 2 is 1.80 bits per heavy atom. The molecule has 0 saturated heterocycles. The number of hydrogen-bond acceptors (Lipinski definition) is 4. The molecule has 7 heteroatoms. The Kier molecular flexibility index (Phi) is 5.35. The number of hydrazine groups is 1. The highest BCUT2D eigenvalue weighted by atomic mass is 16.5. The maximum Gasteiger partial charge on any atom is 0.309 e. The predicted octanol–water partition coefficient (Wildman–Crippen LogP) is 1.74. The first-order chi connectivity index (χ1) is 11.7. The first-order valence-corrected chi connectivity index (χ1v) is 8.18. The van der Waals surface area contributed by atoms with E-state index in [9.17, 15) is 19.5 Å². The van der Waals surface area contributed by atoms with Crippen molar-refractivity contribution in [3.63, 3.8) is 0 Å². The van der Waals surface area contributed by atoms with Crippen LogP contribution in [0.2, 0.25) is 0 Å². The van der Waals surface area contributed by atoms with Gasteiger partial charge in [-0.05, 0) is 37.3 Å². The van der Waals surface area contributed by atoms with Gasteiger partial charge >= 0.3 is 5.97 Å². The average Bonchev–Trinajstić information content (AvgIpc) is 2.82. The van der Waals surface area contributed by atoms with Crippen LogP contribution in [0, 0.1) is 16.7 Å². The average molecular weight is 348 g/mol. The molecule has 1 fully saturated rings. The normalized spacial score (nSPS) is 24.4. The Balaban J connectivity index is 1.86. The number of carbonyl (C=O) groups is 3. The first kappa shape index (κ1) is 18.8. The topological polar surface area (TPSA) is 105 Å². The molecular formula is C18H24N2O5. The van der Waals surface area contributed by atoms with E-state index in [0.29, 0.717) is 18.6 Å². The molecule has 7 nitrogen and oxygen atoms in total. The number of benzene rings is 1. The second-order valence-corrected chi connectivity index (χ2v) is 7.09. The van der Waals surface area contributed by atoms with Crippen molar-refractivity contribution in [2.75, 3.05) is 6.61 Å². The highest BCUT2D eigenvalue weighted by Gasteiger charge is 2.58. The zero-order valence-corrected chi connectivity index (χ0v) is 14.7. The molecule has 2 atom stereocenters. The fourth-order valence-corrected chi connectivity index (χ4v) is 3.26. The summed E-state index contributed by atoms with van der Waals surface area (Å²) in [6, 6.07) is 8.86. The SMILES string of the molecule is CC1(C)[C@@H](C(=O)NNC(=O)COc2ccccc2)CC[C@@]1(C)C(=O)O. The summed E-state index contributed by atoms with van der Waals surface area (Å²) in [6.07, 6.45) is 0.872. The van der Waals surface area contributed by atoms with E-state index in [1.165, 1.54) is 0 Å². The summed E-state index contributed by atoms with van der Waals surface area (Å²) in [4.78, 5) is 35.8. The maximum absolute atomic E-state index is 12.4. The summed E-state index contributed by atoms with van der Waals surface area (Å²) in [7, 11) is 0. The zero-order valence-electron chi connectivity index (χ0n) is 14.7. The molecule has 0 bridgehead atoms. The summed E-state index contributed by atoms with van der Waals surface area (Å²) < 4.78 is 5.29. The monoisotopic (exact) mass is 348 g/mol. The molecule has 2 rings (SSSR count). The van der Waals surface area contributed by atoms with E-state index in [1.54, 1.807) is 45.0 Å². The lowest BCUT2D eigenvalue weighted by atomic mass is 9.65. The van der Waals surface area contributed by atoms with Crippen molar-refractivity contribution in [3.8, 4) is 5.75 Å². The van der Waals surface area contributed by atoms with Crippen molar-refractivity contribution < 1.29 is 24.2 Å². The van der Waals surface area contributed by atoms with Gasteiger partial charge in [0.15, 0.2) is 6.61 Å². The number of carboxylic acids is 1. The summed E-state index contributed by atoms with van der Waals surface area (Å²) in [5, 5.41) is 9.49. The molecule has 2 amide bonds. The van der Waals surface area contributed by atoms with Gasteiger partial charge in [-0.25, -0.2) is 0 Å². The van der Waals surface area contributed by atoms with Gasteiger partial charge in [-0.1, -0.05) is 32.0 Å². The van der Waals surface area contributed by atoms with Gasteiger partial charge in [0.25, 0.3) is 5.91 Å². The second-order valence-electron chi connectivity index (χ2n) is 7.09. The number of nitrogens with one attached hydrogen (secondary N) is 2. The van der Waals surface area contributed by atoms with Crippen molar-refractivity contribution in [2.24, 2.45) is 16.7 Å². The summed E-state index contributed by atoms with van der Waals surface area (Å²) in [5.74, 6) is -1.73. The van der Waals surface area contributed by atoms with E-state index in [-0.39, 0.29) is 12.5 Å². The molecule has 0 aromatic heterocycles. The number of carboxylic acid groups (broad SMARTS) is 1. The Hall–Kier alpha value is -2.57. The van der Waals surface area contributed by atoms with Crippen LogP contribution in [0.1, 0.15) is 33.6 Å². The van der Waals surface area contributed by atoms with Crippen LogP contribution in [0.5, 0.6) is 5.75 Å². The lowest BCUT2D eigenvalue weighted by Crippen LogP contribution is -2.50. The van der Waals surface area contributed by atoms with Crippen LogP contribution >= 0.6 is 0 Å². The van der Waals surface area contributed by atoms with Crippen LogP contribution < -0.4 is 15.6 Å². The Morgan fingerprint density at radius 1 is 1.16 bits per heavy atom. The van der Waals surface area contributed by atoms with Crippen LogP contribution in [0.4, 0.5) is 0 Å². The number of carbonyl (C=O) groups excluding carboxylic acids is 2. The van der Waals surface area contributed by atoms with Crippen molar-refractivity contribution in [3.05, 3.63) is 30.3 Å². The van der Waals surface area contributed by atoms with E-state index in [0.717, 1.165) is 0 Å². The van der Waals surface area contributed by atoms with Crippen LogP contribution in [0.3, 0.4) is 0 Å². The Bertz CT molecular complexity index is 659. The standard InChI is InChI=1S/C18H24N2O5/c1-17(2)13(9-10-18(17,3)16(23)24)15(22)20-19-14(21)11-25-12-7-5-4-6-8-12/h4-8,13H,9-11H2,1-3H3,(H,19,21)(H,20,22)(H,23,24)/t13-,18+/m1/s1. The molecule has 0 radical (unpaired) electrons. The molecule has 1 saturated carbocycles. The molecule has 0 spiro atoms. The summed E-state index contributed by atoms with van der Waals surface area (Å²) >= 11 is 0. The maximum atomic E-state index is 12.4. The van der Waals surface area contributed by atoms with Gasteiger partial charge < -0.3 is 9.84 Å². The number of hydrogen-bond donors (Lipinski definition) is 3. The molecule has 1 aliphatic rings. The predicted molar refractivity (Wildman–Crippen MR) is 90.5 cm³/mol. The lowest BCUT2D eigenvalue weighted by molar-refractivity contribution is -0.155. The lowest BCUT2D eigenvalue weighted by Gasteiger charge is -2.37. The van der Waals surface area contributed by atoms with Crippen LogP contribution in [0.15, 0.2) is 30.3 Å². The van der Waals surface area contributed by atoms with Crippen LogP contribution in [-0.4, -0.2) is 29.5 Å². The molecule has 25 heavy (non-hydrogen) atoms. The summed E-state index contributed by atoms with van der Waals surface area (Å²) in [5.41, 5.74) is 2.99. The third-order valence-corrected chi connectivity index (χ3v) is 5.45. The van der Waals surface area contributed by atoms with Gasteiger partial charge in [0, 0.05) is 5.92 Å². The van der Waals surface area contributed by atoms with Crippen LogP contribution in [-0.2, 0) is 14.4 Å². The molecule has 1 aromatic carbocycles. The Morgan fingerprint density at radius 3 is 2.36 bits per heavy atom. The molecule has 3 N–H and O–H groups in total. The smallest absolute Gasteiger partial charge is 0.309 e. The van der Waals surface area contributed by atoms with Crippen molar-refractivity contribution in [2.45, 2.75) is 33.6 Å². The largest absolute Gasteiger partial charge is 0.484 e. The van der Waals surface area contributed by atoms with Gasteiger partial charge in [-0.15, -0.1) is 0 Å². The fraction of sp³-hybridized carbons (Fsp3) is 0.500. The van der Waals surface area contributed by atoms with E-state index in [2.05, 4.69) is 10.9 Å². The molecular weight excluding hydrogens is 324 g/mol. The minimum Gasteiger partial charge on any atom is -0.484 e. The zero-order chi connectivity index (χ0) is 18.7. The van der Waals surface area contributed by atoms with E-state index >= 15 is 0 Å². The fourth-order valence-electron chi connectivity index (χ4n) is 3.26. The van der Waals surface area contributed by atoms with Gasteiger partial charge in [-0.2, -0.15) is 0 Å². The molecule has 0 heterocycles. The van der Waals surface area contributed by atoms with Crippen LogP contribution in [0.25, 0.3) is 0 Å². The van der Waals surface area contributed by atoms with Gasteiger partial charge in [0.1, 0.15) is 5.75 Å². The van der Waals surface area contributed by atoms with E-state index in [4.69, 9.17) is 4.74 Å². The van der Waals surface area contributed by atoms with E-state index < -0.39 is 28.6 Å². The van der Waals surface area contributed by atoms with Crippen molar-refractivity contribution in [1.29, 1.82) is 0 Å². The third-order valence-electron chi connectivity index (χ3n) is 5.45.